The van der Waals surface area contributed by atoms with Crippen molar-refractivity contribution in [3.8, 4) is 0 Å². The largest absolute Gasteiger partial charge is 0.324 e. The highest BCUT2D eigenvalue weighted by Gasteiger charge is 2.17. The van der Waals surface area contributed by atoms with Crippen molar-refractivity contribution in [2.45, 2.75) is 24.9 Å². The maximum atomic E-state index is 11.9. The first kappa shape index (κ1) is 14.1. The van der Waals surface area contributed by atoms with Gasteiger partial charge in [0.1, 0.15) is 0 Å². The molecule has 17 heavy (non-hydrogen) atoms. The number of aromatic nitrogens is 2. The number of rotatable bonds is 6. The molecular weight excluding hydrogens is 240 g/mol. The standard InChI is InChI=1S/C10H20N4O2S/c1-9(2)13(3)6-5-12-17(15,16)10-7-11-8-14(10)4/h7-9,12H,5-6H2,1-4H3. The van der Waals surface area contributed by atoms with Gasteiger partial charge in [-0.05, 0) is 20.9 Å². The smallest absolute Gasteiger partial charge is 0.257 e. The normalized spacial score (nSPS) is 12.6. The Labute approximate surface area is 103 Å². The summed E-state index contributed by atoms with van der Waals surface area (Å²) in [6, 6.07) is 0.399. The maximum Gasteiger partial charge on any atom is 0.257 e. The summed E-state index contributed by atoms with van der Waals surface area (Å²) in [5.74, 6) is 0. The lowest BCUT2D eigenvalue weighted by molar-refractivity contribution is 0.278. The van der Waals surface area contributed by atoms with Gasteiger partial charge in [-0.1, -0.05) is 0 Å². The van der Waals surface area contributed by atoms with Gasteiger partial charge in [-0.25, -0.2) is 18.1 Å². The molecule has 1 N–H and O–H groups in total. The van der Waals surface area contributed by atoms with E-state index in [1.165, 1.54) is 17.1 Å². The maximum absolute atomic E-state index is 11.9. The van der Waals surface area contributed by atoms with Crippen molar-refractivity contribution in [3.63, 3.8) is 0 Å². The number of sulfonamides is 1. The molecule has 0 saturated carbocycles. The van der Waals surface area contributed by atoms with E-state index in [1.54, 1.807) is 7.05 Å². The zero-order chi connectivity index (χ0) is 13.1. The molecule has 0 radical (unpaired) electrons. The second kappa shape index (κ2) is 5.61. The summed E-state index contributed by atoms with van der Waals surface area (Å²) in [7, 11) is 0.171. The van der Waals surface area contributed by atoms with Crippen molar-refractivity contribution in [1.82, 2.24) is 19.2 Å². The minimum absolute atomic E-state index is 0.185. The molecular formula is C10H20N4O2S. The van der Waals surface area contributed by atoms with Gasteiger partial charge in [0.15, 0.2) is 5.03 Å². The monoisotopic (exact) mass is 260 g/mol. The molecule has 0 aromatic carbocycles. The van der Waals surface area contributed by atoms with Crippen LogP contribution in [0, 0.1) is 0 Å². The van der Waals surface area contributed by atoms with E-state index in [-0.39, 0.29) is 5.03 Å². The fraction of sp³-hybridized carbons (Fsp3) is 0.700. The Morgan fingerprint density at radius 2 is 2.18 bits per heavy atom. The third-order valence-electron chi connectivity index (χ3n) is 2.69. The van der Waals surface area contributed by atoms with E-state index in [0.29, 0.717) is 19.1 Å². The number of hydrogen-bond acceptors (Lipinski definition) is 4. The van der Waals surface area contributed by atoms with Crippen LogP contribution in [0.25, 0.3) is 0 Å². The molecule has 6 nitrogen and oxygen atoms in total. The highest BCUT2D eigenvalue weighted by Crippen LogP contribution is 2.05. The van der Waals surface area contributed by atoms with E-state index >= 15 is 0 Å². The van der Waals surface area contributed by atoms with Crippen LogP contribution < -0.4 is 4.72 Å². The van der Waals surface area contributed by atoms with Gasteiger partial charge >= 0.3 is 0 Å². The van der Waals surface area contributed by atoms with Crippen LogP contribution in [-0.2, 0) is 17.1 Å². The molecule has 1 rings (SSSR count). The molecule has 1 aromatic heterocycles. The van der Waals surface area contributed by atoms with Crippen LogP contribution in [0.4, 0.5) is 0 Å². The predicted molar refractivity (Wildman–Crippen MR) is 66.2 cm³/mol. The topological polar surface area (TPSA) is 67.2 Å². The van der Waals surface area contributed by atoms with Gasteiger partial charge in [-0.15, -0.1) is 0 Å². The quantitative estimate of drug-likeness (QED) is 0.784. The van der Waals surface area contributed by atoms with Crippen LogP contribution >= 0.6 is 0 Å². The second-order valence-corrected chi connectivity index (χ2v) is 6.03. The summed E-state index contributed by atoms with van der Waals surface area (Å²) in [5, 5.41) is 0.185. The molecule has 1 heterocycles. The Hall–Kier alpha value is -0.920. The van der Waals surface area contributed by atoms with Gasteiger partial charge in [-0.3, -0.25) is 0 Å². The lowest BCUT2D eigenvalue weighted by Crippen LogP contribution is -2.36. The van der Waals surface area contributed by atoms with Gasteiger partial charge in [0.25, 0.3) is 10.0 Å². The predicted octanol–water partition coefficient (Wildman–Crippen LogP) is 0.0386. The van der Waals surface area contributed by atoms with E-state index < -0.39 is 10.0 Å². The molecule has 0 aliphatic heterocycles. The zero-order valence-electron chi connectivity index (χ0n) is 10.7. The fourth-order valence-electron chi connectivity index (χ4n) is 1.29. The summed E-state index contributed by atoms with van der Waals surface area (Å²) >= 11 is 0. The molecule has 0 aliphatic carbocycles. The van der Waals surface area contributed by atoms with Crippen molar-refractivity contribution in [2.24, 2.45) is 7.05 Å². The van der Waals surface area contributed by atoms with E-state index in [0.717, 1.165) is 0 Å². The van der Waals surface area contributed by atoms with Crippen LogP contribution in [0.3, 0.4) is 0 Å². The lowest BCUT2D eigenvalue weighted by Gasteiger charge is -2.20. The first-order chi connectivity index (χ1) is 7.84. The van der Waals surface area contributed by atoms with Gasteiger partial charge in [0, 0.05) is 26.2 Å². The molecule has 0 atom stereocenters. The SMILES string of the molecule is CC(C)N(C)CCNS(=O)(=O)c1cncn1C. The first-order valence-corrected chi connectivity index (χ1v) is 6.99. The van der Waals surface area contributed by atoms with Gasteiger partial charge in [-0.2, -0.15) is 0 Å². The van der Waals surface area contributed by atoms with Crippen molar-refractivity contribution in [3.05, 3.63) is 12.5 Å². The van der Waals surface area contributed by atoms with Crippen molar-refractivity contribution >= 4 is 10.0 Å². The van der Waals surface area contributed by atoms with E-state index in [1.807, 2.05) is 7.05 Å². The molecule has 0 fully saturated rings. The zero-order valence-corrected chi connectivity index (χ0v) is 11.5. The van der Waals surface area contributed by atoms with Gasteiger partial charge < -0.3 is 9.47 Å². The Balaban J connectivity index is 2.55. The number of imidazole rings is 1. The molecule has 0 bridgehead atoms. The average molecular weight is 260 g/mol. The molecule has 0 saturated heterocycles. The highest BCUT2D eigenvalue weighted by atomic mass is 32.2. The summed E-state index contributed by atoms with van der Waals surface area (Å²) in [4.78, 5) is 5.87. The molecule has 7 heteroatoms. The van der Waals surface area contributed by atoms with Crippen LogP contribution in [0.15, 0.2) is 17.6 Å². The highest BCUT2D eigenvalue weighted by molar-refractivity contribution is 7.89. The van der Waals surface area contributed by atoms with Gasteiger partial charge in [0.2, 0.25) is 0 Å². The molecule has 0 unspecified atom stereocenters. The first-order valence-electron chi connectivity index (χ1n) is 5.51. The molecule has 0 spiro atoms. The van der Waals surface area contributed by atoms with Crippen LogP contribution in [0.1, 0.15) is 13.8 Å². The third-order valence-corrected chi connectivity index (χ3v) is 4.21. The Kier molecular flexibility index (Phi) is 4.67. The number of nitrogens with zero attached hydrogens (tertiary/aromatic N) is 3. The molecule has 98 valence electrons. The van der Waals surface area contributed by atoms with Crippen molar-refractivity contribution < 1.29 is 8.42 Å². The summed E-state index contributed by atoms with van der Waals surface area (Å²) in [6.07, 6.45) is 2.81. The third kappa shape index (κ3) is 3.79. The van der Waals surface area contributed by atoms with E-state index in [2.05, 4.69) is 28.5 Å². The summed E-state index contributed by atoms with van der Waals surface area (Å²) in [5.41, 5.74) is 0. The lowest BCUT2D eigenvalue weighted by atomic mass is 10.3. The minimum atomic E-state index is -3.45. The van der Waals surface area contributed by atoms with Crippen LogP contribution in [0.5, 0.6) is 0 Å². The Morgan fingerprint density at radius 1 is 1.53 bits per heavy atom. The Morgan fingerprint density at radius 3 is 2.65 bits per heavy atom. The number of likely N-dealkylation sites (N-methyl/N-ethyl adjacent to an activating group) is 1. The van der Waals surface area contributed by atoms with Crippen molar-refractivity contribution in [1.29, 1.82) is 0 Å². The molecule has 1 aromatic rings. The van der Waals surface area contributed by atoms with E-state index in [9.17, 15) is 8.42 Å². The van der Waals surface area contributed by atoms with Crippen molar-refractivity contribution in [2.75, 3.05) is 20.1 Å². The number of hydrogen-bond donors (Lipinski definition) is 1. The van der Waals surface area contributed by atoms with E-state index in [4.69, 9.17) is 0 Å². The minimum Gasteiger partial charge on any atom is -0.324 e. The van der Waals surface area contributed by atoms with Crippen LogP contribution in [0.2, 0.25) is 0 Å². The fourth-order valence-corrected chi connectivity index (χ4v) is 2.43. The summed E-state index contributed by atoms with van der Waals surface area (Å²) < 4.78 is 27.8. The van der Waals surface area contributed by atoms with Gasteiger partial charge in [0.05, 0.1) is 12.5 Å². The number of nitrogens with one attached hydrogen (secondary N) is 1. The summed E-state index contributed by atoms with van der Waals surface area (Å²) in [6.45, 7) is 5.20. The number of aryl methyl sites for hydroxylation is 1. The second-order valence-electron chi connectivity index (χ2n) is 4.31. The molecule has 0 aliphatic rings. The average Bonchev–Trinajstić information content (AvgIpc) is 2.64. The van der Waals surface area contributed by atoms with Crippen LogP contribution in [-0.4, -0.2) is 49.0 Å². The Bertz CT molecular complexity index is 453. The molecule has 0 amide bonds.